The molecule has 0 spiro atoms. The number of amides is 1. The molecule has 100 valence electrons. The van der Waals surface area contributed by atoms with Crippen molar-refractivity contribution in [2.75, 3.05) is 12.3 Å². The number of carbonyl (C=O) groups is 1. The number of aliphatic hydroxyl groups is 1. The van der Waals surface area contributed by atoms with Crippen molar-refractivity contribution in [3.05, 3.63) is 35.9 Å². The fraction of sp³-hybridized carbons (Fsp3) is 0.231. The van der Waals surface area contributed by atoms with Gasteiger partial charge in [0.2, 0.25) is 0 Å². The first-order valence-electron chi connectivity index (χ1n) is 5.79. The molecule has 0 aliphatic carbocycles. The Bertz CT molecular complexity index is 629. The molecule has 0 bridgehead atoms. The lowest BCUT2D eigenvalue weighted by molar-refractivity contribution is 0.0921. The van der Waals surface area contributed by atoms with Gasteiger partial charge in [-0.2, -0.15) is 0 Å². The summed E-state index contributed by atoms with van der Waals surface area (Å²) in [5.41, 5.74) is 6.05. The molecule has 0 fully saturated rings. The van der Waals surface area contributed by atoms with Crippen molar-refractivity contribution in [1.29, 1.82) is 0 Å². The SMILES string of the molecule is CC(O)CNC(=O)c1nccc2c(N)cc(F)cc12. The van der Waals surface area contributed by atoms with Gasteiger partial charge in [-0.05, 0) is 25.1 Å². The van der Waals surface area contributed by atoms with Crippen LogP contribution in [0.3, 0.4) is 0 Å². The predicted octanol–water partition coefficient (Wildman–Crippen LogP) is 1.07. The smallest absolute Gasteiger partial charge is 0.270 e. The van der Waals surface area contributed by atoms with Crippen molar-refractivity contribution in [2.45, 2.75) is 13.0 Å². The minimum atomic E-state index is -0.666. The molecule has 0 saturated carbocycles. The third-order valence-corrected chi connectivity index (χ3v) is 2.65. The molecule has 0 aliphatic heterocycles. The van der Waals surface area contributed by atoms with Crippen molar-refractivity contribution in [2.24, 2.45) is 0 Å². The van der Waals surface area contributed by atoms with Gasteiger partial charge in [-0.25, -0.2) is 4.39 Å². The van der Waals surface area contributed by atoms with E-state index < -0.39 is 17.8 Å². The van der Waals surface area contributed by atoms with Crippen LogP contribution < -0.4 is 11.1 Å². The maximum absolute atomic E-state index is 13.4. The second kappa shape index (κ2) is 5.19. The Labute approximate surface area is 109 Å². The number of nitrogens with one attached hydrogen (secondary N) is 1. The number of carbonyl (C=O) groups excluding carboxylic acids is 1. The summed E-state index contributed by atoms with van der Waals surface area (Å²) >= 11 is 0. The molecule has 2 rings (SSSR count). The van der Waals surface area contributed by atoms with Crippen LogP contribution in [-0.4, -0.2) is 28.6 Å². The summed E-state index contributed by atoms with van der Waals surface area (Å²) < 4.78 is 13.4. The number of nitrogens with two attached hydrogens (primary N) is 1. The normalized spacial score (nSPS) is 12.4. The number of halogens is 1. The number of anilines is 1. The number of hydrogen-bond acceptors (Lipinski definition) is 4. The molecular weight excluding hydrogens is 249 g/mol. The Morgan fingerprint density at radius 2 is 2.26 bits per heavy atom. The number of rotatable bonds is 3. The van der Waals surface area contributed by atoms with Gasteiger partial charge in [-0.1, -0.05) is 0 Å². The first-order chi connectivity index (χ1) is 8.99. The molecule has 0 saturated heterocycles. The largest absolute Gasteiger partial charge is 0.398 e. The molecule has 1 aromatic heterocycles. The van der Waals surface area contributed by atoms with E-state index in [0.29, 0.717) is 10.8 Å². The number of benzene rings is 1. The van der Waals surface area contributed by atoms with E-state index in [1.165, 1.54) is 18.3 Å². The van der Waals surface area contributed by atoms with E-state index in [0.717, 1.165) is 0 Å². The highest BCUT2D eigenvalue weighted by Crippen LogP contribution is 2.24. The molecule has 1 atom stereocenters. The van der Waals surface area contributed by atoms with Crippen LogP contribution in [-0.2, 0) is 0 Å². The van der Waals surface area contributed by atoms with Gasteiger partial charge in [-0.15, -0.1) is 0 Å². The maximum Gasteiger partial charge on any atom is 0.270 e. The number of pyridine rings is 1. The molecule has 2 aromatic rings. The highest BCUT2D eigenvalue weighted by Gasteiger charge is 2.14. The molecular formula is C13H14FN3O2. The van der Waals surface area contributed by atoms with Gasteiger partial charge in [0.25, 0.3) is 5.91 Å². The van der Waals surface area contributed by atoms with Crippen molar-refractivity contribution in [1.82, 2.24) is 10.3 Å². The monoisotopic (exact) mass is 263 g/mol. The highest BCUT2D eigenvalue weighted by atomic mass is 19.1. The van der Waals surface area contributed by atoms with Crippen LogP contribution in [0.1, 0.15) is 17.4 Å². The molecule has 5 nitrogen and oxygen atoms in total. The summed E-state index contributed by atoms with van der Waals surface area (Å²) in [6, 6.07) is 4.03. The van der Waals surface area contributed by atoms with Crippen LogP contribution in [0, 0.1) is 5.82 Å². The quantitative estimate of drug-likeness (QED) is 0.723. The lowest BCUT2D eigenvalue weighted by Gasteiger charge is -2.09. The molecule has 0 radical (unpaired) electrons. The zero-order chi connectivity index (χ0) is 14.0. The van der Waals surface area contributed by atoms with E-state index in [2.05, 4.69) is 10.3 Å². The zero-order valence-electron chi connectivity index (χ0n) is 10.4. The van der Waals surface area contributed by atoms with E-state index in [9.17, 15) is 9.18 Å². The van der Waals surface area contributed by atoms with Crippen molar-refractivity contribution < 1.29 is 14.3 Å². The summed E-state index contributed by atoms with van der Waals surface area (Å²) in [6.45, 7) is 1.65. The Hall–Kier alpha value is -2.21. The minimum Gasteiger partial charge on any atom is -0.398 e. The molecule has 19 heavy (non-hydrogen) atoms. The molecule has 1 heterocycles. The van der Waals surface area contributed by atoms with E-state index in [4.69, 9.17) is 10.8 Å². The average Bonchev–Trinajstić information content (AvgIpc) is 2.35. The lowest BCUT2D eigenvalue weighted by Crippen LogP contribution is -2.31. The summed E-state index contributed by atoms with van der Waals surface area (Å²) in [7, 11) is 0. The third kappa shape index (κ3) is 2.79. The molecule has 1 unspecified atom stereocenters. The maximum atomic E-state index is 13.4. The summed E-state index contributed by atoms with van der Waals surface area (Å²) in [5.74, 6) is -1.00. The molecule has 0 aliphatic rings. The highest BCUT2D eigenvalue weighted by molar-refractivity contribution is 6.07. The van der Waals surface area contributed by atoms with Crippen LogP contribution in [0.4, 0.5) is 10.1 Å². The van der Waals surface area contributed by atoms with E-state index >= 15 is 0 Å². The summed E-state index contributed by atoms with van der Waals surface area (Å²) in [4.78, 5) is 15.9. The van der Waals surface area contributed by atoms with E-state index in [-0.39, 0.29) is 17.9 Å². The standard InChI is InChI=1S/C13H14FN3O2/c1-7(18)6-17-13(19)12-10-4-8(14)5-11(15)9(10)2-3-16-12/h2-5,7,18H,6,15H2,1H3,(H,17,19). The first kappa shape index (κ1) is 13.2. The number of aliphatic hydroxyl groups excluding tert-OH is 1. The Kier molecular flexibility index (Phi) is 3.62. The minimum absolute atomic E-state index is 0.0874. The van der Waals surface area contributed by atoms with Crippen molar-refractivity contribution >= 4 is 22.4 Å². The predicted molar refractivity (Wildman–Crippen MR) is 70.1 cm³/mol. The van der Waals surface area contributed by atoms with Gasteiger partial charge in [0.15, 0.2) is 0 Å². The van der Waals surface area contributed by atoms with Crippen LogP contribution >= 0.6 is 0 Å². The second-order valence-corrected chi connectivity index (χ2v) is 4.31. The number of nitrogen functional groups attached to an aromatic ring is 1. The Morgan fingerprint density at radius 1 is 1.53 bits per heavy atom. The number of aromatic nitrogens is 1. The van der Waals surface area contributed by atoms with Crippen LogP contribution in [0.5, 0.6) is 0 Å². The van der Waals surface area contributed by atoms with Gasteiger partial charge in [0.1, 0.15) is 11.5 Å². The number of hydrogen-bond donors (Lipinski definition) is 3. The fourth-order valence-corrected chi connectivity index (χ4v) is 1.78. The second-order valence-electron chi connectivity index (χ2n) is 4.31. The van der Waals surface area contributed by atoms with Gasteiger partial charge in [0, 0.05) is 29.2 Å². The molecule has 1 amide bonds. The van der Waals surface area contributed by atoms with E-state index in [1.54, 1.807) is 13.0 Å². The van der Waals surface area contributed by atoms with Crippen molar-refractivity contribution in [3.63, 3.8) is 0 Å². The number of fused-ring (bicyclic) bond motifs is 1. The van der Waals surface area contributed by atoms with Crippen LogP contribution in [0.15, 0.2) is 24.4 Å². The fourth-order valence-electron chi connectivity index (χ4n) is 1.78. The summed E-state index contributed by atoms with van der Waals surface area (Å²) in [5, 5.41) is 12.6. The van der Waals surface area contributed by atoms with Crippen molar-refractivity contribution in [3.8, 4) is 0 Å². The van der Waals surface area contributed by atoms with Gasteiger partial charge in [-0.3, -0.25) is 9.78 Å². The first-order valence-corrected chi connectivity index (χ1v) is 5.79. The van der Waals surface area contributed by atoms with Crippen LogP contribution in [0.2, 0.25) is 0 Å². The molecule has 6 heteroatoms. The number of nitrogens with zero attached hydrogens (tertiary/aromatic N) is 1. The van der Waals surface area contributed by atoms with Gasteiger partial charge < -0.3 is 16.2 Å². The summed E-state index contributed by atoms with van der Waals surface area (Å²) in [6.07, 6.45) is 0.772. The zero-order valence-corrected chi connectivity index (χ0v) is 10.4. The Morgan fingerprint density at radius 3 is 2.95 bits per heavy atom. The molecule has 1 aromatic carbocycles. The topological polar surface area (TPSA) is 88.2 Å². The third-order valence-electron chi connectivity index (χ3n) is 2.65. The van der Waals surface area contributed by atoms with Gasteiger partial charge in [0.05, 0.1) is 6.10 Å². The lowest BCUT2D eigenvalue weighted by atomic mass is 10.1. The van der Waals surface area contributed by atoms with Crippen LogP contribution in [0.25, 0.3) is 10.8 Å². The van der Waals surface area contributed by atoms with E-state index in [1.807, 2.05) is 0 Å². The van der Waals surface area contributed by atoms with Gasteiger partial charge >= 0.3 is 0 Å². The molecule has 4 N–H and O–H groups in total. The average molecular weight is 263 g/mol. The Balaban J connectivity index is 2.46.